The van der Waals surface area contributed by atoms with Crippen molar-refractivity contribution in [3.05, 3.63) is 39.9 Å². The van der Waals surface area contributed by atoms with E-state index < -0.39 is 0 Å². The zero-order chi connectivity index (χ0) is 16.1. The molecule has 0 unspecified atom stereocenters. The van der Waals surface area contributed by atoms with E-state index in [2.05, 4.69) is 10.2 Å². The molecule has 0 saturated carbocycles. The van der Waals surface area contributed by atoms with Gasteiger partial charge in [-0.2, -0.15) is 11.8 Å². The van der Waals surface area contributed by atoms with E-state index in [1.807, 2.05) is 17.8 Å². The topological polar surface area (TPSA) is 67.6 Å². The third kappa shape index (κ3) is 4.03. The molecule has 2 fully saturated rings. The van der Waals surface area contributed by atoms with Crippen LogP contribution in [0.2, 0.25) is 0 Å². The molecular formula is C16H23N3O3S. The van der Waals surface area contributed by atoms with Gasteiger partial charge in [0.05, 0.1) is 18.1 Å². The minimum absolute atomic E-state index is 0.156. The molecule has 0 radical (unpaired) electrons. The van der Waals surface area contributed by atoms with E-state index in [9.17, 15) is 10.1 Å². The second-order valence-corrected chi connectivity index (χ2v) is 7.26. The highest BCUT2D eigenvalue weighted by molar-refractivity contribution is 7.99. The summed E-state index contributed by atoms with van der Waals surface area (Å²) in [5, 5.41) is 14.4. The molecule has 1 aromatic carbocycles. The molecule has 1 aromatic rings. The van der Waals surface area contributed by atoms with Gasteiger partial charge in [-0.25, -0.2) is 0 Å². The maximum atomic E-state index is 10.9. The van der Waals surface area contributed by atoms with Gasteiger partial charge in [-0.3, -0.25) is 15.0 Å². The fourth-order valence-electron chi connectivity index (χ4n) is 3.35. The number of nitrogens with zero attached hydrogens (tertiary/aromatic N) is 2. The molecule has 2 heterocycles. The number of non-ortho nitro benzene ring substituents is 1. The van der Waals surface area contributed by atoms with Crippen molar-refractivity contribution in [3.8, 4) is 0 Å². The van der Waals surface area contributed by atoms with Crippen LogP contribution < -0.4 is 5.32 Å². The molecule has 2 aliphatic heterocycles. The standard InChI is InChI=1S/C16H23N3O3S/c20-19(21)15-3-1-2-14(10-15)11-17-12-16(4-9-23-13-16)18-5-7-22-8-6-18/h1-3,10,17H,4-9,11-13H2/t16-/m0/s1. The monoisotopic (exact) mass is 337 g/mol. The Bertz CT molecular complexity index is 543. The van der Waals surface area contributed by atoms with Crippen LogP contribution >= 0.6 is 11.8 Å². The van der Waals surface area contributed by atoms with Crippen LogP contribution in [-0.4, -0.2) is 59.7 Å². The van der Waals surface area contributed by atoms with Gasteiger partial charge in [0.25, 0.3) is 5.69 Å². The van der Waals surface area contributed by atoms with E-state index in [4.69, 9.17) is 4.74 Å². The highest BCUT2D eigenvalue weighted by Crippen LogP contribution is 2.33. The Balaban J connectivity index is 1.59. The van der Waals surface area contributed by atoms with Crippen molar-refractivity contribution in [1.29, 1.82) is 0 Å². The molecule has 0 bridgehead atoms. The SMILES string of the molecule is O=[N+]([O-])c1cccc(CNC[C@@]2(N3CCOCC3)CCSC2)c1. The summed E-state index contributed by atoms with van der Waals surface area (Å²) in [4.78, 5) is 13.1. The first-order valence-electron chi connectivity index (χ1n) is 8.04. The Morgan fingerprint density at radius 2 is 2.22 bits per heavy atom. The van der Waals surface area contributed by atoms with Gasteiger partial charge in [-0.1, -0.05) is 12.1 Å². The summed E-state index contributed by atoms with van der Waals surface area (Å²) in [6.07, 6.45) is 1.19. The first-order chi connectivity index (χ1) is 11.2. The number of ether oxygens (including phenoxy) is 1. The van der Waals surface area contributed by atoms with Gasteiger partial charge in [-0.05, 0) is 17.7 Å². The zero-order valence-corrected chi connectivity index (χ0v) is 14.0. The zero-order valence-electron chi connectivity index (χ0n) is 13.2. The Morgan fingerprint density at radius 3 is 2.91 bits per heavy atom. The highest BCUT2D eigenvalue weighted by atomic mass is 32.2. The van der Waals surface area contributed by atoms with Crippen LogP contribution in [0.1, 0.15) is 12.0 Å². The lowest BCUT2D eigenvalue weighted by atomic mass is 9.95. The summed E-state index contributed by atoms with van der Waals surface area (Å²) in [5.74, 6) is 2.35. The maximum absolute atomic E-state index is 10.9. The molecule has 6 nitrogen and oxygen atoms in total. The third-order valence-electron chi connectivity index (χ3n) is 4.67. The molecule has 0 amide bonds. The van der Waals surface area contributed by atoms with Gasteiger partial charge < -0.3 is 10.1 Å². The molecule has 0 spiro atoms. The predicted octanol–water partition coefficient (Wildman–Crippen LogP) is 1.89. The van der Waals surface area contributed by atoms with Gasteiger partial charge in [0.2, 0.25) is 0 Å². The molecule has 2 aliphatic rings. The van der Waals surface area contributed by atoms with Crippen LogP contribution in [0.3, 0.4) is 0 Å². The van der Waals surface area contributed by atoms with E-state index in [1.165, 1.54) is 18.2 Å². The molecule has 0 aromatic heterocycles. The third-order valence-corrected chi connectivity index (χ3v) is 5.90. The second kappa shape index (κ2) is 7.61. The fraction of sp³-hybridized carbons (Fsp3) is 0.625. The van der Waals surface area contributed by atoms with Gasteiger partial charge in [0, 0.05) is 49.6 Å². The van der Waals surface area contributed by atoms with Crippen LogP contribution in [-0.2, 0) is 11.3 Å². The number of morpholine rings is 1. The number of hydrogen-bond acceptors (Lipinski definition) is 6. The Hall–Kier alpha value is -1.15. The van der Waals surface area contributed by atoms with Crippen LogP contribution in [0.25, 0.3) is 0 Å². The first-order valence-corrected chi connectivity index (χ1v) is 9.20. The average molecular weight is 337 g/mol. The molecule has 23 heavy (non-hydrogen) atoms. The van der Waals surface area contributed by atoms with Crippen molar-refractivity contribution < 1.29 is 9.66 Å². The quantitative estimate of drug-likeness (QED) is 0.632. The number of hydrogen-bond donors (Lipinski definition) is 1. The molecule has 0 aliphatic carbocycles. The molecule has 7 heteroatoms. The van der Waals surface area contributed by atoms with E-state index >= 15 is 0 Å². The minimum atomic E-state index is -0.341. The lowest BCUT2D eigenvalue weighted by Gasteiger charge is -2.43. The normalized spacial score (nSPS) is 25.6. The highest BCUT2D eigenvalue weighted by Gasteiger charge is 2.40. The van der Waals surface area contributed by atoms with Crippen molar-refractivity contribution in [2.24, 2.45) is 0 Å². The minimum Gasteiger partial charge on any atom is -0.379 e. The number of thioether (sulfide) groups is 1. The van der Waals surface area contributed by atoms with E-state index in [0.29, 0.717) is 6.54 Å². The Kier molecular flexibility index (Phi) is 5.53. The smallest absolute Gasteiger partial charge is 0.269 e. The number of nitrogens with one attached hydrogen (secondary N) is 1. The summed E-state index contributed by atoms with van der Waals surface area (Å²) in [6.45, 7) is 5.22. The van der Waals surface area contributed by atoms with Crippen LogP contribution in [0.15, 0.2) is 24.3 Å². The van der Waals surface area contributed by atoms with E-state index in [-0.39, 0.29) is 16.1 Å². The number of nitro benzene ring substituents is 1. The molecular weight excluding hydrogens is 314 g/mol. The van der Waals surface area contributed by atoms with Crippen LogP contribution in [0, 0.1) is 10.1 Å². The lowest BCUT2D eigenvalue weighted by Crippen LogP contribution is -2.58. The van der Waals surface area contributed by atoms with E-state index in [0.717, 1.165) is 44.2 Å². The number of nitro groups is 1. The summed E-state index contributed by atoms with van der Waals surface area (Å²) in [7, 11) is 0. The maximum Gasteiger partial charge on any atom is 0.269 e. The average Bonchev–Trinajstić information content (AvgIpc) is 3.06. The number of benzene rings is 1. The van der Waals surface area contributed by atoms with Crippen molar-refractivity contribution in [3.63, 3.8) is 0 Å². The van der Waals surface area contributed by atoms with Crippen molar-refractivity contribution in [2.45, 2.75) is 18.5 Å². The fourth-order valence-corrected chi connectivity index (χ4v) is 4.83. The summed E-state index contributed by atoms with van der Waals surface area (Å²) in [6, 6.07) is 6.87. The molecule has 3 rings (SSSR count). The van der Waals surface area contributed by atoms with Crippen molar-refractivity contribution in [2.75, 3.05) is 44.4 Å². The molecule has 1 atom stereocenters. The van der Waals surface area contributed by atoms with E-state index in [1.54, 1.807) is 12.1 Å². The summed E-state index contributed by atoms with van der Waals surface area (Å²) >= 11 is 2.02. The van der Waals surface area contributed by atoms with Gasteiger partial charge in [0.1, 0.15) is 0 Å². The first kappa shape index (κ1) is 16.7. The van der Waals surface area contributed by atoms with Crippen molar-refractivity contribution in [1.82, 2.24) is 10.2 Å². The van der Waals surface area contributed by atoms with Gasteiger partial charge in [-0.15, -0.1) is 0 Å². The summed E-state index contributed by atoms with van der Waals surface area (Å²) in [5.41, 5.74) is 1.32. The number of rotatable bonds is 6. The Labute approximate surface area is 140 Å². The Morgan fingerprint density at radius 1 is 1.39 bits per heavy atom. The molecule has 126 valence electrons. The predicted molar refractivity (Wildman–Crippen MR) is 91.9 cm³/mol. The second-order valence-electron chi connectivity index (χ2n) is 6.16. The summed E-state index contributed by atoms with van der Waals surface area (Å²) < 4.78 is 5.48. The molecule has 2 saturated heterocycles. The molecule has 1 N–H and O–H groups in total. The largest absolute Gasteiger partial charge is 0.379 e. The van der Waals surface area contributed by atoms with Gasteiger partial charge >= 0.3 is 0 Å². The van der Waals surface area contributed by atoms with Crippen LogP contribution in [0.4, 0.5) is 5.69 Å². The van der Waals surface area contributed by atoms with Crippen LogP contribution in [0.5, 0.6) is 0 Å². The van der Waals surface area contributed by atoms with Crippen molar-refractivity contribution >= 4 is 17.4 Å². The lowest BCUT2D eigenvalue weighted by molar-refractivity contribution is -0.384. The van der Waals surface area contributed by atoms with Gasteiger partial charge in [0.15, 0.2) is 0 Å².